The number of aryl methyl sites for hydroxylation is 1. The Hall–Kier alpha value is -4.39. The summed E-state index contributed by atoms with van der Waals surface area (Å²) < 4.78 is 21.4. The predicted molar refractivity (Wildman–Crippen MR) is 123 cm³/mol. The minimum Gasteiger partial charge on any atom is -0.496 e. The number of ether oxygens (including phenoxy) is 4. The van der Waals surface area contributed by atoms with Gasteiger partial charge >= 0.3 is 11.9 Å². The summed E-state index contributed by atoms with van der Waals surface area (Å²) in [6, 6.07) is 19.2. The van der Waals surface area contributed by atoms with Gasteiger partial charge in [-0.3, -0.25) is 0 Å². The normalized spacial score (nSPS) is 14.0. The molecule has 0 aromatic heterocycles. The van der Waals surface area contributed by atoms with Crippen molar-refractivity contribution in [2.24, 2.45) is 4.99 Å². The van der Waals surface area contributed by atoms with Crippen LogP contribution in [0.2, 0.25) is 0 Å². The standard InChI is InChI=1S/C26H21NO6/c1-16-7-6-8-18(13-16)24-27-20(26(29)33-24)14-17-11-12-22(23(15-17)31-3)32-25(28)19-9-4-5-10-21(19)30-2/h4-15H,1-3H3/b20-14+. The van der Waals surface area contributed by atoms with E-state index in [-0.39, 0.29) is 17.3 Å². The van der Waals surface area contributed by atoms with Crippen LogP contribution in [-0.2, 0) is 9.53 Å². The Bertz CT molecular complexity index is 1290. The largest absolute Gasteiger partial charge is 0.496 e. The maximum Gasteiger partial charge on any atom is 0.363 e. The summed E-state index contributed by atoms with van der Waals surface area (Å²) in [4.78, 5) is 29.3. The van der Waals surface area contributed by atoms with Crippen LogP contribution in [-0.4, -0.2) is 32.1 Å². The Labute approximate surface area is 190 Å². The van der Waals surface area contributed by atoms with Crippen molar-refractivity contribution in [1.29, 1.82) is 0 Å². The van der Waals surface area contributed by atoms with Crippen molar-refractivity contribution in [3.8, 4) is 17.2 Å². The molecule has 0 bridgehead atoms. The van der Waals surface area contributed by atoms with Crippen molar-refractivity contribution in [2.75, 3.05) is 14.2 Å². The van der Waals surface area contributed by atoms with Crippen LogP contribution in [0.25, 0.3) is 6.08 Å². The van der Waals surface area contributed by atoms with Gasteiger partial charge in [0.1, 0.15) is 11.3 Å². The van der Waals surface area contributed by atoms with Crippen LogP contribution in [0.1, 0.15) is 27.0 Å². The highest BCUT2D eigenvalue weighted by Gasteiger charge is 2.24. The third-order valence-electron chi connectivity index (χ3n) is 4.91. The first-order chi connectivity index (χ1) is 16.0. The lowest BCUT2D eigenvalue weighted by Gasteiger charge is -2.11. The number of aliphatic imine (C=N–C) groups is 1. The second kappa shape index (κ2) is 9.40. The SMILES string of the molecule is COc1cc(/C=C2/N=C(c3cccc(C)c3)OC2=O)ccc1OC(=O)c1ccccc1OC. The molecule has 0 saturated heterocycles. The molecular formula is C26H21NO6. The number of hydrogen-bond acceptors (Lipinski definition) is 7. The number of nitrogens with zero attached hydrogens (tertiary/aromatic N) is 1. The van der Waals surface area contributed by atoms with Gasteiger partial charge in [0, 0.05) is 5.56 Å². The third-order valence-corrected chi connectivity index (χ3v) is 4.91. The van der Waals surface area contributed by atoms with Crippen molar-refractivity contribution in [1.82, 2.24) is 0 Å². The van der Waals surface area contributed by atoms with Crippen LogP contribution in [0.5, 0.6) is 17.2 Å². The zero-order valence-electron chi connectivity index (χ0n) is 18.3. The van der Waals surface area contributed by atoms with E-state index in [1.165, 1.54) is 14.2 Å². The average Bonchev–Trinajstić information content (AvgIpc) is 3.20. The van der Waals surface area contributed by atoms with Crippen LogP contribution < -0.4 is 14.2 Å². The van der Waals surface area contributed by atoms with Crippen molar-refractivity contribution in [3.63, 3.8) is 0 Å². The molecule has 3 aromatic carbocycles. The molecule has 0 saturated carbocycles. The fraction of sp³-hybridized carbons (Fsp3) is 0.115. The number of rotatable bonds is 6. The summed E-state index contributed by atoms with van der Waals surface area (Å²) in [5, 5.41) is 0. The first-order valence-electron chi connectivity index (χ1n) is 10.1. The number of carbonyl (C=O) groups excluding carboxylic acids is 2. The molecule has 0 amide bonds. The van der Waals surface area contributed by atoms with Gasteiger partial charge < -0.3 is 18.9 Å². The van der Waals surface area contributed by atoms with Gasteiger partial charge in [0.15, 0.2) is 17.2 Å². The summed E-state index contributed by atoms with van der Waals surface area (Å²) >= 11 is 0. The molecule has 0 N–H and O–H groups in total. The number of cyclic esters (lactones) is 1. The van der Waals surface area contributed by atoms with Gasteiger partial charge in [0.05, 0.1) is 14.2 Å². The lowest BCUT2D eigenvalue weighted by Crippen LogP contribution is -2.10. The molecule has 1 aliphatic rings. The first-order valence-corrected chi connectivity index (χ1v) is 10.1. The van der Waals surface area contributed by atoms with E-state index in [1.54, 1.807) is 48.5 Å². The van der Waals surface area contributed by atoms with E-state index in [0.29, 0.717) is 22.6 Å². The Morgan fingerprint density at radius 2 is 1.70 bits per heavy atom. The molecule has 0 atom stereocenters. The molecule has 0 fully saturated rings. The Kier molecular flexibility index (Phi) is 6.22. The lowest BCUT2D eigenvalue weighted by atomic mass is 10.1. The first kappa shape index (κ1) is 21.8. The molecule has 1 aliphatic heterocycles. The fourth-order valence-corrected chi connectivity index (χ4v) is 3.29. The molecule has 3 aromatic rings. The Morgan fingerprint density at radius 1 is 0.909 bits per heavy atom. The maximum absolute atomic E-state index is 12.6. The monoisotopic (exact) mass is 443 g/mol. The maximum atomic E-state index is 12.6. The van der Waals surface area contributed by atoms with E-state index in [0.717, 1.165) is 11.1 Å². The van der Waals surface area contributed by atoms with E-state index in [9.17, 15) is 9.59 Å². The zero-order chi connectivity index (χ0) is 23.4. The van der Waals surface area contributed by atoms with Crippen LogP contribution in [0.15, 0.2) is 77.4 Å². The molecule has 1 heterocycles. The molecular weight excluding hydrogens is 422 g/mol. The average molecular weight is 443 g/mol. The summed E-state index contributed by atoms with van der Waals surface area (Å²) in [6.07, 6.45) is 1.58. The smallest absolute Gasteiger partial charge is 0.363 e. The summed E-state index contributed by atoms with van der Waals surface area (Å²) in [5.74, 6) is 0.0882. The fourth-order valence-electron chi connectivity index (χ4n) is 3.29. The number of esters is 2. The van der Waals surface area contributed by atoms with Crippen LogP contribution in [0.4, 0.5) is 0 Å². The van der Waals surface area contributed by atoms with Crippen molar-refractivity contribution in [3.05, 3.63) is 94.7 Å². The second-order valence-electron chi connectivity index (χ2n) is 7.21. The molecule has 7 heteroatoms. The molecule has 0 unspecified atom stereocenters. The van der Waals surface area contributed by atoms with E-state index in [2.05, 4.69) is 4.99 Å². The topological polar surface area (TPSA) is 83.4 Å². The predicted octanol–water partition coefficient (Wildman–Crippen LogP) is 4.58. The minimum absolute atomic E-state index is 0.160. The van der Waals surface area contributed by atoms with Crippen molar-refractivity contribution < 1.29 is 28.5 Å². The highest BCUT2D eigenvalue weighted by molar-refractivity contribution is 6.12. The number of carbonyl (C=O) groups is 2. The molecule has 7 nitrogen and oxygen atoms in total. The molecule has 166 valence electrons. The highest BCUT2D eigenvalue weighted by atomic mass is 16.6. The molecule has 0 spiro atoms. The Morgan fingerprint density at radius 3 is 2.45 bits per heavy atom. The third kappa shape index (κ3) is 4.77. The second-order valence-corrected chi connectivity index (χ2v) is 7.21. The van der Waals surface area contributed by atoms with Crippen LogP contribution in [0.3, 0.4) is 0 Å². The highest BCUT2D eigenvalue weighted by Crippen LogP contribution is 2.31. The molecule has 33 heavy (non-hydrogen) atoms. The number of methoxy groups -OCH3 is 2. The van der Waals surface area contributed by atoms with Crippen LogP contribution in [0, 0.1) is 6.92 Å². The summed E-state index contributed by atoms with van der Waals surface area (Å²) in [5.41, 5.74) is 2.84. The molecule has 4 rings (SSSR count). The zero-order valence-corrected chi connectivity index (χ0v) is 18.3. The Balaban J connectivity index is 1.58. The van der Waals surface area contributed by atoms with Gasteiger partial charge in [0.25, 0.3) is 0 Å². The van der Waals surface area contributed by atoms with Gasteiger partial charge in [-0.25, -0.2) is 14.6 Å². The van der Waals surface area contributed by atoms with Crippen molar-refractivity contribution >= 4 is 23.9 Å². The van der Waals surface area contributed by atoms with Gasteiger partial charge in [-0.1, -0.05) is 35.9 Å². The van der Waals surface area contributed by atoms with E-state index in [4.69, 9.17) is 18.9 Å². The molecule has 0 radical (unpaired) electrons. The van der Waals surface area contributed by atoms with E-state index >= 15 is 0 Å². The van der Waals surface area contributed by atoms with Gasteiger partial charge in [-0.15, -0.1) is 0 Å². The van der Waals surface area contributed by atoms with Crippen LogP contribution >= 0.6 is 0 Å². The summed E-state index contributed by atoms with van der Waals surface area (Å²) in [7, 11) is 2.94. The van der Waals surface area contributed by atoms with Gasteiger partial charge in [-0.2, -0.15) is 0 Å². The minimum atomic E-state index is -0.580. The van der Waals surface area contributed by atoms with Gasteiger partial charge in [-0.05, 0) is 55.0 Å². The lowest BCUT2D eigenvalue weighted by molar-refractivity contribution is -0.129. The van der Waals surface area contributed by atoms with E-state index < -0.39 is 11.9 Å². The number of hydrogen-bond donors (Lipinski definition) is 0. The number of para-hydroxylation sites is 1. The number of benzene rings is 3. The van der Waals surface area contributed by atoms with Crippen molar-refractivity contribution in [2.45, 2.75) is 6.92 Å². The summed E-state index contributed by atoms with van der Waals surface area (Å²) in [6.45, 7) is 1.95. The van der Waals surface area contributed by atoms with E-state index in [1.807, 2.05) is 31.2 Å². The quantitative estimate of drug-likeness (QED) is 0.315. The van der Waals surface area contributed by atoms with Gasteiger partial charge in [0.2, 0.25) is 5.90 Å². The molecule has 0 aliphatic carbocycles.